The third-order valence-corrected chi connectivity index (χ3v) is 3.97. The summed E-state index contributed by atoms with van der Waals surface area (Å²) in [6.07, 6.45) is 1.95. The molecule has 5 nitrogen and oxygen atoms in total. The maximum atomic E-state index is 12.0. The molecule has 0 aliphatic heterocycles. The Kier molecular flexibility index (Phi) is 7.68. The zero-order valence-corrected chi connectivity index (χ0v) is 15.0. The molecule has 0 aromatic heterocycles. The minimum atomic E-state index is -1.02. The second-order valence-corrected chi connectivity index (χ2v) is 6.27. The van der Waals surface area contributed by atoms with Crippen LogP contribution in [-0.4, -0.2) is 29.6 Å². The molecule has 0 radical (unpaired) electrons. The summed E-state index contributed by atoms with van der Waals surface area (Å²) in [6, 6.07) is 16.2. The van der Waals surface area contributed by atoms with E-state index >= 15 is 0 Å². The molecule has 0 aliphatic rings. The first-order valence-corrected chi connectivity index (χ1v) is 8.80. The number of aliphatic carboxylic acids is 1. The molecule has 2 N–H and O–H groups in total. The number of ether oxygens (including phenoxy) is 1. The van der Waals surface area contributed by atoms with Crippen LogP contribution in [-0.2, 0) is 16.0 Å². The van der Waals surface area contributed by atoms with E-state index in [9.17, 15) is 14.7 Å². The number of amides is 1. The van der Waals surface area contributed by atoms with Gasteiger partial charge in [0, 0.05) is 12.8 Å². The summed E-state index contributed by atoms with van der Waals surface area (Å²) >= 11 is 0. The van der Waals surface area contributed by atoms with Crippen LogP contribution in [0.4, 0.5) is 0 Å². The highest BCUT2D eigenvalue weighted by Gasteiger charge is 2.19. The fourth-order valence-corrected chi connectivity index (χ4v) is 2.60. The highest BCUT2D eigenvalue weighted by atomic mass is 16.5. The molecule has 1 amide bonds. The van der Waals surface area contributed by atoms with Gasteiger partial charge in [-0.3, -0.25) is 4.79 Å². The highest BCUT2D eigenvalue weighted by molar-refractivity contribution is 5.83. The molecular weight excluding hydrogens is 330 g/mol. The zero-order chi connectivity index (χ0) is 18.8. The van der Waals surface area contributed by atoms with Gasteiger partial charge in [0.1, 0.15) is 11.8 Å². The van der Waals surface area contributed by atoms with Gasteiger partial charge in [-0.25, -0.2) is 4.79 Å². The van der Waals surface area contributed by atoms with Crippen LogP contribution in [0.15, 0.2) is 54.6 Å². The Morgan fingerprint density at radius 2 is 1.85 bits per heavy atom. The maximum Gasteiger partial charge on any atom is 0.326 e. The smallest absolute Gasteiger partial charge is 0.326 e. The van der Waals surface area contributed by atoms with Crippen molar-refractivity contribution >= 4 is 11.9 Å². The van der Waals surface area contributed by atoms with Gasteiger partial charge in [-0.2, -0.15) is 0 Å². The van der Waals surface area contributed by atoms with Gasteiger partial charge >= 0.3 is 5.97 Å². The van der Waals surface area contributed by atoms with Crippen molar-refractivity contribution in [3.05, 3.63) is 65.7 Å². The summed E-state index contributed by atoms with van der Waals surface area (Å²) in [5.74, 6) is -0.447. The first-order valence-electron chi connectivity index (χ1n) is 8.80. The molecule has 5 heteroatoms. The zero-order valence-electron chi connectivity index (χ0n) is 15.0. The molecule has 0 fully saturated rings. The predicted octanol–water partition coefficient (Wildman–Crippen LogP) is 3.36. The number of unbranched alkanes of at least 4 members (excludes halogenated alkanes) is 1. The number of nitrogens with one attached hydrogen (secondary N) is 1. The number of carbonyl (C=O) groups is 2. The summed E-state index contributed by atoms with van der Waals surface area (Å²) in [5.41, 5.74) is 2.02. The van der Waals surface area contributed by atoms with Crippen LogP contribution in [0, 0.1) is 6.92 Å². The Bertz CT molecular complexity index is 715. The standard InChI is InChI=1S/C21H25NO4/c1-16-8-7-11-18(14-16)26-13-6-5-12-20(23)22-19(21(24)25)15-17-9-3-2-4-10-17/h2-4,7-11,14,19H,5-6,12-13,15H2,1H3,(H,22,23)(H,24,25)/t19-/m0/s1. The number of carbonyl (C=O) groups excluding carboxylic acids is 1. The van der Waals surface area contributed by atoms with Gasteiger partial charge < -0.3 is 15.2 Å². The van der Waals surface area contributed by atoms with Crippen molar-refractivity contribution in [2.75, 3.05) is 6.61 Å². The van der Waals surface area contributed by atoms with E-state index in [2.05, 4.69) is 5.32 Å². The number of hydrogen-bond donors (Lipinski definition) is 2. The number of rotatable bonds is 10. The molecule has 2 aromatic carbocycles. The monoisotopic (exact) mass is 355 g/mol. The van der Waals surface area contributed by atoms with Crippen molar-refractivity contribution in [1.29, 1.82) is 0 Å². The minimum Gasteiger partial charge on any atom is -0.494 e. The molecule has 0 unspecified atom stereocenters. The van der Waals surface area contributed by atoms with E-state index in [4.69, 9.17) is 4.74 Å². The van der Waals surface area contributed by atoms with Gasteiger partial charge in [0.05, 0.1) is 6.61 Å². The van der Waals surface area contributed by atoms with Crippen LogP contribution >= 0.6 is 0 Å². The van der Waals surface area contributed by atoms with Crippen molar-refractivity contribution < 1.29 is 19.4 Å². The lowest BCUT2D eigenvalue weighted by Gasteiger charge is -2.14. The van der Waals surface area contributed by atoms with Crippen LogP contribution in [0.3, 0.4) is 0 Å². The lowest BCUT2D eigenvalue weighted by molar-refractivity contribution is -0.141. The number of aryl methyl sites for hydroxylation is 1. The summed E-state index contributed by atoms with van der Waals surface area (Å²) in [7, 11) is 0. The van der Waals surface area contributed by atoms with Gasteiger partial charge in [-0.1, -0.05) is 42.5 Å². The van der Waals surface area contributed by atoms with E-state index in [0.717, 1.165) is 23.3 Å². The van der Waals surface area contributed by atoms with E-state index in [1.54, 1.807) is 0 Å². The molecule has 138 valence electrons. The fraction of sp³-hybridized carbons (Fsp3) is 0.333. The van der Waals surface area contributed by atoms with Crippen LogP contribution in [0.25, 0.3) is 0 Å². The molecule has 0 heterocycles. The van der Waals surface area contributed by atoms with Crippen LogP contribution in [0.1, 0.15) is 30.4 Å². The van der Waals surface area contributed by atoms with Gasteiger partial charge in [-0.05, 0) is 43.0 Å². The molecule has 1 atom stereocenters. The third kappa shape index (κ3) is 6.97. The Morgan fingerprint density at radius 3 is 2.54 bits per heavy atom. The molecule has 0 saturated heterocycles. The first kappa shape index (κ1) is 19.5. The SMILES string of the molecule is Cc1cccc(OCCCCC(=O)N[C@@H](Cc2ccccc2)C(=O)O)c1. The Labute approximate surface area is 154 Å². The lowest BCUT2D eigenvalue weighted by atomic mass is 10.1. The van der Waals surface area contributed by atoms with Crippen molar-refractivity contribution in [2.24, 2.45) is 0 Å². The summed E-state index contributed by atoms with van der Waals surface area (Å²) in [4.78, 5) is 23.4. The Hall–Kier alpha value is -2.82. The molecular formula is C21H25NO4. The van der Waals surface area contributed by atoms with Gasteiger partial charge in [0.2, 0.25) is 5.91 Å². The van der Waals surface area contributed by atoms with Crippen LogP contribution in [0.2, 0.25) is 0 Å². The second kappa shape index (κ2) is 10.2. The van der Waals surface area contributed by atoms with Gasteiger partial charge in [0.25, 0.3) is 0 Å². The summed E-state index contributed by atoms with van der Waals surface area (Å²) in [5, 5.41) is 11.9. The molecule has 0 saturated carbocycles. The van der Waals surface area contributed by atoms with Crippen LogP contribution < -0.4 is 10.1 Å². The van der Waals surface area contributed by atoms with E-state index < -0.39 is 12.0 Å². The highest BCUT2D eigenvalue weighted by Crippen LogP contribution is 2.13. The number of benzene rings is 2. The predicted molar refractivity (Wildman–Crippen MR) is 100 cm³/mol. The lowest BCUT2D eigenvalue weighted by Crippen LogP contribution is -2.42. The van der Waals surface area contributed by atoms with E-state index in [1.807, 2.05) is 61.5 Å². The molecule has 2 rings (SSSR count). The Morgan fingerprint density at radius 1 is 1.08 bits per heavy atom. The number of carboxylic acids is 1. The van der Waals surface area contributed by atoms with Gasteiger partial charge in [0.15, 0.2) is 0 Å². The summed E-state index contributed by atoms with van der Waals surface area (Å²) in [6.45, 7) is 2.54. The molecule has 0 aliphatic carbocycles. The minimum absolute atomic E-state index is 0.246. The molecule has 0 spiro atoms. The fourth-order valence-electron chi connectivity index (χ4n) is 2.60. The number of hydrogen-bond acceptors (Lipinski definition) is 3. The van der Waals surface area contributed by atoms with Crippen molar-refractivity contribution in [2.45, 2.75) is 38.6 Å². The van der Waals surface area contributed by atoms with Crippen molar-refractivity contribution in [3.63, 3.8) is 0 Å². The molecule has 0 bridgehead atoms. The first-order chi connectivity index (χ1) is 12.5. The number of carboxylic acid groups (broad SMARTS) is 1. The maximum absolute atomic E-state index is 12.0. The average molecular weight is 355 g/mol. The van der Waals surface area contributed by atoms with Crippen molar-refractivity contribution in [1.82, 2.24) is 5.32 Å². The normalized spacial score (nSPS) is 11.6. The second-order valence-electron chi connectivity index (χ2n) is 6.27. The molecule has 2 aromatic rings. The molecule has 26 heavy (non-hydrogen) atoms. The quantitative estimate of drug-likeness (QED) is 0.641. The third-order valence-electron chi connectivity index (χ3n) is 3.97. The summed E-state index contributed by atoms with van der Waals surface area (Å²) < 4.78 is 5.64. The van der Waals surface area contributed by atoms with Gasteiger partial charge in [-0.15, -0.1) is 0 Å². The average Bonchev–Trinajstić information content (AvgIpc) is 2.62. The topological polar surface area (TPSA) is 75.6 Å². The van der Waals surface area contributed by atoms with Crippen LogP contribution in [0.5, 0.6) is 5.75 Å². The van der Waals surface area contributed by atoms with Crippen molar-refractivity contribution in [3.8, 4) is 5.75 Å². The largest absolute Gasteiger partial charge is 0.494 e. The van der Waals surface area contributed by atoms with E-state index in [-0.39, 0.29) is 18.7 Å². The Balaban J connectivity index is 1.68. The van der Waals surface area contributed by atoms with E-state index in [1.165, 1.54) is 0 Å². The van der Waals surface area contributed by atoms with E-state index in [0.29, 0.717) is 13.0 Å².